The molecule has 0 bridgehead atoms. The Morgan fingerprint density at radius 2 is 1.84 bits per heavy atom. The number of thioether (sulfide) groups is 1. The lowest BCUT2D eigenvalue weighted by molar-refractivity contribution is -0.141. The molecule has 0 saturated heterocycles. The molecule has 3 amide bonds. The third-order valence-electron chi connectivity index (χ3n) is 5.61. The van der Waals surface area contributed by atoms with Crippen molar-refractivity contribution in [2.75, 3.05) is 29.2 Å². The van der Waals surface area contributed by atoms with Gasteiger partial charge < -0.3 is 21.5 Å². The Labute approximate surface area is 224 Å². The number of benzodiazepines with no additional fused rings is 1. The van der Waals surface area contributed by atoms with Crippen LogP contribution < -0.4 is 21.3 Å². The first kappa shape index (κ1) is 28.2. The minimum Gasteiger partial charge on any atom is -0.480 e. The van der Waals surface area contributed by atoms with E-state index in [1.807, 2.05) is 36.6 Å². The van der Waals surface area contributed by atoms with Crippen LogP contribution >= 0.6 is 24.4 Å². The summed E-state index contributed by atoms with van der Waals surface area (Å²) in [6.45, 7) is -0.471. The number of carboxylic acid groups (broad SMARTS) is 1. The number of rotatable bonds is 11. The number of aliphatic carboxylic acids is 1. The fourth-order valence-corrected chi connectivity index (χ4v) is 4.35. The Morgan fingerprint density at radius 3 is 2.49 bits per heavy atom. The van der Waals surface area contributed by atoms with Gasteiger partial charge in [-0.15, -0.1) is 0 Å². The predicted molar refractivity (Wildman–Crippen MR) is 147 cm³/mol. The Balaban J connectivity index is 2.02. The molecular formula is C25H29N5O5S2. The predicted octanol–water partition coefficient (Wildman–Crippen LogP) is 0.893. The van der Waals surface area contributed by atoms with Crippen LogP contribution in [-0.4, -0.2) is 77.1 Å². The topological polar surface area (TPSA) is 154 Å². The van der Waals surface area contributed by atoms with Crippen LogP contribution in [0.3, 0.4) is 0 Å². The van der Waals surface area contributed by atoms with Gasteiger partial charge in [-0.3, -0.25) is 19.3 Å². The summed E-state index contributed by atoms with van der Waals surface area (Å²) in [6, 6.07) is 14.0. The average molecular weight is 544 g/mol. The number of thiol groups is 1. The van der Waals surface area contributed by atoms with Crippen molar-refractivity contribution in [3.63, 3.8) is 0 Å². The molecule has 0 saturated carbocycles. The highest BCUT2D eigenvalue weighted by molar-refractivity contribution is 7.98. The number of amides is 3. The van der Waals surface area contributed by atoms with E-state index >= 15 is 0 Å². The van der Waals surface area contributed by atoms with Crippen LogP contribution in [0.4, 0.5) is 5.69 Å². The maximum Gasteiger partial charge on any atom is 0.326 e. The number of fused-ring (bicyclic) bond motifs is 1. The number of benzene rings is 2. The zero-order valence-electron chi connectivity index (χ0n) is 20.2. The number of carbonyl (C=O) groups is 4. The summed E-state index contributed by atoms with van der Waals surface area (Å²) >= 11 is 5.51. The molecule has 2 aromatic carbocycles. The van der Waals surface area contributed by atoms with Gasteiger partial charge in [0.15, 0.2) is 0 Å². The van der Waals surface area contributed by atoms with E-state index < -0.39 is 48.5 Å². The second-order valence-electron chi connectivity index (χ2n) is 8.23. The van der Waals surface area contributed by atoms with Crippen molar-refractivity contribution in [2.24, 2.45) is 10.7 Å². The van der Waals surface area contributed by atoms with Gasteiger partial charge in [-0.25, -0.2) is 9.79 Å². The van der Waals surface area contributed by atoms with Gasteiger partial charge >= 0.3 is 5.97 Å². The molecule has 3 atom stereocenters. The van der Waals surface area contributed by atoms with E-state index in [4.69, 9.17) is 5.73 Å². The van der Waals surface area contributed by atoms with Crippen molar-refractivity contribution in [1.29, 1.82) is 0 Å². The normalized spacial score (nSPS) is 16.6. The SMILES string of the molecule is CSCC[C@H](NC(=O)CN1C(=O)C(NC(=O)C(N)CS)N=C(c2ccccc2)c2ccccc21)C(=O)O. The van der Waals surface area contributed by atoms with Crippen molar-refractivity contribution in [3.05, 3.63) is 65.7 Å². The van der Waals surface area contributed by atoms with Gasteiger partial charge in [0.1, 0.15) is 12.6 Å². The number of hydrogen-bond acceptors (Lipinski definition) is 8. The lowest BCUT2D eigenvalue weighted by Gasteiger charge is -2.26. The van der Waals surface area contributed by atoms with E-state index in [0.717, 1.165) is 0 Å². The summed E-state index contributed by atoms with van der Waals surface area (Å²) in [5, 5.41) is 14.6. The van der Waals surface area contributed by atoms with Gasteiger partial charge in [-0.05, 0) is 24.5 Å². The Bertz CT molecular complexity index is 1180. The summed E-state index contributed by atoms with van der Waals surface area (Å²) < 4.78 is 0. The molecule has 2 unspecified atom stereocenters. The number of nitrogens with two attached hydrogens (primary N) is 1. The molecule has 12 heteroatoms. The number of nitrogens with zero attached hydrogens (tertiary/aromatic N) is 2. The summed E-state index contributed by atoms with van der Waals surface area (Å²) in [5.41, 5.74) is 7.92. The van der Waals surface area contributed by atoms with Crippen LogP contribution in [0.2, 0.25) is 0 Å². The van der Waals surface area contributed by atoms with E-state index in [2.05, 4.69) is 28.3 Å². The summed E-state index contributed by atoms with van der Waals surface area (Å²) in [6.07, 6.45) is 0.695. The van der Waals surface area contributed by atoms with Crippen LogP contribution in [0.25, 0.3) is 0 Å². The minimum atomic E-state index is -1.37. The van der Waals surface area contributed by atoms with Gasteiger partial charge in [0.25, 0.3) is 5.91 Å². The zero-order chi connectivity index (χ0) is 26.9. The monoisotopic (exact) mass is 543 g/mol. The Morgan fingerprint density at radius 1 is 1.16 bits per heavy atom. The number of para-hydroxylation sites is 1. The van der Waals surface area contributed by atoms with Crippen molar-refractivity contribution in [3.8, 4) is 0 Å². The average Bonchev–Trinajstić information content (AvgIpc) is 3.01. The molecule has 1 aliphatic rings. The first-order valence-corrected chi connectivity index (χ1v) is 13.5. The molecule has 0 fully saturated rings. The Hall–Kier alpha value is -3.35. The largest absolute Gasteiger partial charge is 0.480 e. The molecular weight excluding hydrogens is 514 g/mol. The molecule has 1 heterocycles. The van der Waals surface area contributed by atoms with Gasteiger partial charge in [0, 0.05) is 16.9 Å². The first-order chi connectivity index (χ1) is 17.8. The third-order valence-corrected chi connectivity index (χ3v) is 6.65. The highest BCUT2D eigenvalue weighted by Gasteiger charge is 2.35. The number of carbonyl (C=O) groups excluding carboxylic acids is 3. The molecule has 2 aromatic rings. The molecule has 0 spiro atoms. The fourth-order valence-electron chi connectivity index (χ4n) is 3.71. The van der Waals surface area contributed by atoms with Crippen LogP contribution in [0.5, 0.6) is 0 Å². The van der Waals surface area contributed by atoms with E-state index in [0.29, 0.717) is 28.3 Å². The number of carboxylic acids is 1. The smallest absolute Gasteiger partial charge is 0.326 e. The van der Waals surface area contributed by atoms with Crippen LogP contribution in [0.15, 0.2) is 59.6 Å². The highest BCUT2D eigenvalue weighted by Crippen LogP contribution is 2.28. The lowest BCUT2D eigenvalue weighted by atomic mass is 10.0. The van der Waals surface area contributed by atoms with E-state index in [1.165, 1.54) is 16.7 Å². The van der Waals surface area contributed by atoms with E-state index in [1.54, 1.807) is 24.3 Å². The van der Waals surface area contributed by atoms with Gasteiger partial charge in [-0.1, -0.05) is 48.5 Å². The van der Waals surface area contributed by atoms with Crippen molar-refractivity contribution in [2.45, 2.75) is 24.7 Å². The number of hydrogen-bond donors (Lipinski definition) is 5. The molecule has 0 aromatic heterocycles. The summed E-state index contributed by atoms with van der Waals surface area (Å²) in [5.74, 6) is -2.51. The highest BCUT2D eigenvalue weighted by atomic mass is 32.2. The van der Waals surface area contributed by atoms with Gasteiger partial charge in [-0.2, -0.15) is 24.4 Å². The fraction of sp³-hybridized carbons (Fsp3) is 0.320. The second kappa shape index (κ2) is 13.3. The molecule has 10 nitrogen and oxygen atoms in total. The van der Waals surface area contributed by atoms with E-state index in [-0.39, 0.29) is 12.2 Å². The molecule has 3 rings (SSSR count). The molecule has 1 aliphatic heterocycles. The molecule has 0 aliphatic carbocycles. The van der Waals surface area contributed by atoms with Crippen LogP contribution in [0.1, 0.15) is 17.5 Å². The van der Waals surface area contributed by atoms with E-state index in [9.17, 15) is 24.3 Å². The van der Waals surface area contributed by atoms with Gasteiger partial charge in [0.2, 0.25) is 18.0 Å². The molecule has 0 radical (unpaired) electrons. The minimum absolute atomic E-state index is 0.0565. The Kier molecular flexibility index (Phi) is 10.1. The second-order valence-corrected chi connectivity index (χ2v) is 9.58. The lowest BCUT2D eigenvalue weighted by Crippen LogP contribution is -2.54. The number of nitrogens with one attached hydrogen (secondary N) is 2. The first-order valence-electron chi connectivity index (χ1n) is 11.5. The molecule has 37 heavy (non-hydrogen) atoms. The molecule has 5 N–H and O–H groups in total. The number of aliphatic imine (C=N–C) groups is 1. The van der Waals surface area contributed by atoms with Crippen LogP contribution in [-0.2, 0) is 19.2 Å². The maximum atomic E-state index is 13.7. The summed E-state index contributed by atoms with van der Waals surface area (Å²) in [7, 11) is 0. The summed E-state index contributed by atoms with van der Waals surface area (Å²) in [4.78, 5) is 56.7. The molecule has 196 valence electrons. The quantitative estimate of drug-likeness (QED) is 0.264. The maximum absolute atomic E-state index is 13.7. The number of anilines is 1. The van der Waals surface area contributed by atoms with Crippen molar-refractivity contribution >= 4 is 59.5 Å². The van der Waals surface area contributed by atoms with Crippen molar-refractivity contribution < 1.29 is 24.3 Å². The zero-order valence-corrected chi connectivity index (χ0v) is 21.9. The third kappa shape index (κ3) is 7.12. The van der Waals surface area contributed by atoms with Crippen molar-refractivity contribution in [1.82, 2.24) is 10.6 Å². The van der Waals surface area contributed by atoms with Crippen LogP contribution in [0, 0.1) is 0 Å². The van der Waals surface area contributed by atoms with Gasteiger partial charge in [0.05, 0.1) is 17.4 Å². The standard InChI is InChI=1S/C25H29N5O5S2/c1-37-12-11-18(25(34)35)27-20(31)13-30-19-10-6-5-9-16(19)21(15-7-3-2-4-8-15)28-22(24(30)33)29-23(32)17(26)14-36/h2-10,17-18,22,36H,11-14,26H2,1H3,(H,27,31)(H,29,32)(H,34,35)/t17?,18-,22?/m0/s1.